The number of carbonyl (C=O) groups excluding carboxylic acids is 2. The number of esters is 1. The molecule has 2 aliphatic carbocycles. The van der Waals surface area contributed by atoms with Crippen LogP contribution in [0.4, 0.5) is 0 Å². The number of nitrogens with zero attached hydrogens (tertiary/aromatic N) is 1. The maximum absolute atomic E-state index is 13.0. The van der Waals surface area contributed by atoms with Crippen molar-refractivity contribution in [1.29, 1.82) is 0 Å². The average Bonchev–Trinajstić information content (AvgIpc) is 3.66. The van der Waals surface area contributed by atoms with Gasteiger partial charge in [-0.3, -0.25) is 9.59 Å². The molecule has 1 amide bonds. The molecule has 3 fully saturated rings. The Morgan fingerprint density at radius 3 is 2.70 bits per heavy atom. The number of halogens is 2. The molecule has 5 rings (SSSR count). The second kappa shape index (κ2) is 10.9. The molecular weight excluding hydrogens is 511 g/mol. The number of fused-ring (bicyclic) bond motifs is 1. The molecule has 4 unspecified atom stereocenters. The van der Waals surface area contributed by atoms with Crippen LogP contribution in [0.15, 0.2) is 42.5 Å². The minimum atomic E-state index is -0.552. The van der Waals surface area contributed by atoms with E-state index in [4.69, 9.17) is 27.9 Å². The van der Waals surface area contributed by atoms with E-state index in [0.717, 1.165) is 49.5 Å². The Morgan fingerprint density at radius 1 is 1.16 bits per heavy atom. The number of piperidine rings is 1. The van der Waals surface area contributed by atoms with Crippen LogP contribution in [0.3, 0.4) is 0 Å². The maximum atomic E-state index is 13.0. The van der Waals surface area contributed by atoms with E-state index in [-0.39, 0.29) is 35.7 Å². The standard InChI is InChI=1S/C29H34Cl2N2O4/c1-18(34)37-23-4-2-3-21(13-23)29-9-10-33(16-19-5-6-19)17-24(29)27(35)14-22(15-29)32-28(36)12-20-7-8-25(30)26(31)11-20/h2-4,7-8,11,13,19,22,24,27,35H,5-6,9-10,12,14-17H2,1H3,(H,32,36). The van der Waals surface area contributed by atoms with Crippen molar-refractivity contribution in [2.45, 2.75) is 63.0 Å². The van der Waals surface area contributed by atoms with Crippen LogP contribution in [0.1, 0.15) is 50.2 Å². The van der Waals surface area contributed by atoms with Gasteiger partial charge in [0.1, 0.15) is 5.75 Å². The first-order valence-corrected chi connectivity index (χ1v) is 13.9. The van der Waals surface area contributed by atoms with Gasteiger partial charge in [-0.15, -0.1) is 0 Å². The Bertz CT molecular complexity index is 1170. The van der Waals surface area contributed by atoms with Gasteiger partial charge >= 0.3 is 5.97 Å². The number of aliphatic hydroxyl groups excluding tert-OH is 1. The fraction of sp³-hybridized carbons (Fsp3) is 0.517. The molecule has 1 aliphatic heterocycles. The highest BCUT2D eigenvalue weighted by molar-refractivity contribution is 6.42. The number of ether oxygens (including phenoxy) is 1. The highest BCUT2D eigenvalue weighted by Gasteiger charge is 2.52. The van der Waals surface area contributed by atoms with Gasteiger partial charge in [0.25, 0.3) is 0 Å². The lowest BCUT2D eigenvalue weighted by atomic mass is 9.57. The van der Waals surface area contributed by atoms with Gasteiger partial charge in [-0.2, -0.15) is 0 Å². The number of benzene rings is 2. The summed E-state index contributed by atoms with van der Waals surface area (Å²) >= 11 is 12.1. The number of hydrogen-bond acceptors (Lipinski definition) is 5. The third-order valence-corrected chi connectivity index (χ3v) is 8.98. The molecule has 0 bridgehead atoms. The summed E-state index contributed by atoms with van der Waals surface area (Å²) in [5, 5.41) is 15.5. The zero-order chi connectivity index (χ0) is 26.2. The predicted molar refractivity (Wildman–Crippen MR) is 144 cm³/mol. The van der Waals surface area contributed by atoms with E-state index >= 15 is 0 Å². The lowest BCUT2D eigenvalue weighted by molar-refractivity contribution is -0.132. The second-order valence-corrected chi connectivity index (χ2v) is 11.8. The fourth-order valence-electron chi connectivity index (χ4n) is 6.38. The minimum absolute atomic E-state index is 0.0378. The van der Waals surface area contributed by atoms with Gasteiger partial charge in [-0.1, -0.05) is 41.4 Å². The van der Waals surface area contributed by atoms with E-state index in [1.807, 2.05) is 12.1 Å². The monoisotopic (exact) mass is 544 g/mol. The Morgan fingerprint density at radius 2 is 1.97 bits per heavy atom. The molecule has 1 saturated heterocycles. The van der Waals surface area contributed by atoms with Gasteiger partial charge in [-0.25, -0.2) is 0 Å². The summed E-state index contributed by atoms with van der Waals surface area (Å²) < 4.78 is 5.41. The van der Waals surface area contributed by atoms with Crippen LogP contribution in [0.25, 0.3) is 0 Å². The topological polar surface area (TPSA) is 78.9 Å². The van der Waals surface area contributed by atoms with Crippen LogP contribution < -0.4 is 10.1 Å². The van der Waals surface area contributed by atoms with Gasteiger partial charge in [0.2, 0.25) is 5.91 Å². The summed E-state index contributed by atoms with van der Waals surface area (Å²) in [4.78, 5) is 27.1. The number of nitrogens with one attached hydrogen (secondary N) is 1. The van der Waals surface area contributed by atoms with Crippen LogP contribution >= 0.6 is 23.2 Å². The summed E-state index contributed by atoms with van der Waals surface area (Å²) in [6.45, 7) is 4.27. The Labute approximate surface area is 228 Å². The number of amides is 1. The third-order valence-electron chi connectivity index (χ3n) is 8.24. The highest BCUT2D eigenvalue weighted by Crippen LogP contribution is 2.50. The molecule has 2 saturated carbocycles. The minimum Gasteiger partial charge on any atom is -0.427 e. The molecule has 2 aromatic rings. The number of likely N-dealkylation sites (tertiary alicyclic amines) is 1. The lowest BCUT2D eigenvalue weighted by Crippen LogP contribution is -2.61. The first-order valence-electron chi connectivity index (χ1n) is 13.1. The molecular formula is C29H34Cl2N2O4. The Hall–Kier alpha value is -2.12. The van der Waals surface area contributed by atoms with Crippen LogP contribution in [-0.4, -0.2) is 53.7 Å². The quantitative estimate of drug-likeness (QED) is 0.387. The molecule has 198 valence electrons. The van der Waals surface area contributed by atoms with Crippen molar-refractivity contribution < 1.29 is 19.4 Å². The zero-order valence-electron chi connectivity index (χ0n) is 21.1. The van der Waals surface area contributed by atoms with Crippen molar-refractivity contribution in [3.05, 3.63) is 63.6 Å². The van der Waals surface area contributed by atoms with E-state index < -0.39 is 6.10 Å². The lowest BCUT2D eigenvalue weighted by Gasteiger charge is -2.55. The van der Waals surface area contributed by atoms with Crippen molar-refractivity contribution in [1.82, 2.24) is 10.2 Å². The van der Waals surface area contributed by atoms with Crippen LogP contribution in [0, 0.1) is 11.8 Å². The molecule has 0 radical (unpaired) electrons. The number of hydrogen-bond donors (Lipinski definition) is 2. The van der Waals surface area contributed by atoms with Crippen molar-refractivity contribution >= 4 is 35.1 Å². The van der Waals surface area contributed by atoms with Gasteiger partial charge in [0.15, 0.2) is 0 Å². The first kappa shape index (κ1) is 26.5. The summed E-state index contributed by atoms with van der Waals surface area (Å²) in [6.07, 6.45) is 4.35. The van der Waals surface area contributed by atoms with Crippen molar-refractivity contribution in [2.75, 3.05) is 19.6 Å². The molecule has 2 N–H and O–H groups in total. The molecule has 1 heterocycles. The van der Waals surface area contributed by atoms with Crippen LogP contribution in [-0.2, 0) is 21.4 Å². The Balaban J connectivity index is 1.37. The molecule has 0 aromatic heterocycles. The SMILES string of the molecule is CC(=O)Oc1cccc(C23CCN(CC4CC4)CC2C(O)CC(NC(=O)Cc2ccc(Cl)c(Cl)c2)C3)c1. The molecule has 4 atom stereocenters. The normalized spacial score (nSPS) is 27.8. The van der Waals surface area contributed by atoms with Crippen molar-refractivity contribution in [3.63, 3.8) is 0 Å². The van der Waals surface area contributed by atoms with E-state index in [0.29, 0.717) is 22.2 Å². The number of rotatable bonds is 7. The summed E-state index contributed by atoms with van der Waals surface area (Å²) in [6, 6.07) is 12.8. The largest absolute Gasteiger partial charge is 0.427 e. The van der Waals surface area contributed by atoms with Crippen LogP contribution in [0.5, 0.6) is 5.75 Å². The Kier molecular flexibility index (Phi) is 7.83. The molecule has 8 heteroatoms. The van der Waals surface area contributed by atoms with E-state index in [1.165, 1.54) is 19.8 Å². The first-order chi connectivity index (χ1) is 17.7. The van der Waals surface area contributed by atoms with E-state index in [9.17, 15) is 14.7 Å². The smallest absolute Gasteiger partial charge is 0.308 e. The predicted octanol–water partition coefficient (Wildman–Crippen LogP) is 4.77. The summed E-state index contributed by atoms with van der Waals surface area (Å²) in [5.41, 5.74) is 1.53. The van der Waals surface area contributed by atoms with Crippen molar-refractivity contribution in [2.24, 2.45) is 11.8 Å². The summed E-state index contributed by atoms with van der Waals surface area (Å²) in [5.74, 6) is 0.870. The van der Waals surface area contributed by atoms with Gasteiger partial charge in [0.05, 0.1) is 22.6 Å². The molecule has 6 nitrogen and oxygen atoms in total. The van der Waals surface area contributed by atoms with Gasteiger partial charge < -0.3 is 20.1 Å². The van der Waals surface area contributed by atoms with E-state index in [1.54, 1.807) is 24.3 Å². The number of carbonyl (C=O) groups is 2. The van der Waals surface area contributed by atoms with Gasteiger partial charge in [0, 0.05) is 37.4 Å². The third kappa shape index (κ3) is 6.14. The molecule has 2 aromatic carbocycles. The fourth-order valence-corrected chi connectivity index (χ4v) is 6.70. The highest BCUT2D eigenvalue weighted by atomic mass is 35.5. The zero-order valence-corrected chi connectivity index (χ0v) is 22.6. The summed E-state index contributed by atoms with van der Waals surface area (Å²) in [7, 11) is 0. The molecule has 3 aliphatic rings. The molecule has 0 spiro atoms. The van der Waals surface area contributed by atoms with E-state index in [2.05, 4.69) is 16.3 Å². The maximum Gasteiger partial charge on any atom is 0.308 e. The van der Waals surface area contributed by atoms with Crippen LogP contribution in [0.2, 0.25) is 10.0 Å². The average molecular weight is 546 g/mol. The van der Waals surface area contributed by atoms with Gasteiger partial charge in [-0.05, 0) is 80.0 Å². The second-order valence-electron chi connectivity index (χ2n) is 11.0. The molecule has 37 heavy (non-hydrogen) atoms. The van der Waals surface area contributed by atoms with Crippen molar-refractivity contribution in [3.8, 4) is 5.75 Å². The number of aliphatic hydroxyl groups is 1.